The van der Waals surface area contributed by atoms with Crippen LogP contribution in [0.25, 0.3) is 0 Å². The van der Waals surface area contributed by atoms with Crippen LogP contribution in [-0.4, -0.2) is 11.8 Å². The largest absolute Gasteiger partial charge is 0.289 e. The molecular formula is C10H7NO2. The molecule has 0 fully saturated rings. The van der Waals surface area contributed by atoms with Crippen molar-refractivity contribution >= 4 is 11.8 Å². The third kappa shape index (κ3) is 1.60. The zero-order valence-corrected chi connectivity index (χ0v) is 6.89. The minimum atomic E-state index is -0.423. The van der Waals surface area contributed by atoms with E-state index >= 15 is 0 Å². The van der Waals surface area contributed by atoms with Crippen molar-refractivity contribution in [1.29, 1.82) is 0 Å². The first-order chi connectivity index (χ1) is 6.20. The highest BCUT2D eigenvalue weighted by atomic mass is 16.2. The predicted molar refractivity (Wildman–Crippen MR) is 47.1 cm³/mol. The maximum absolute atomic E-state index is 11.1. The van der Waals surface area contributed by atoms with E-state index in [-0.39, 0.29) is 12.8 Å². The molecule has 1 heterocycles. The standard InChI is InChI=1S/C10H7NO2/c1-3-5-7-8(6-4-2)10(13)11-9(7)12/h1-2H,5-6H2,(H,11,12,13). The summed E-state index contributed by atoms with van der Waals surface area (Å²) in [5, 5.41) is 2.14. The van der Waals surface area contributed by atoms with E-state index in [0.29, 0.717) is 11.1 Å². The van der Waals surface area contributed by atoms with Crippen molar-refractivity contribution in [1.82, 2.24) is 5.32 Å². The van der Waals surface area contributed by atoms with E-state index in [4.69, 9.17) is 12.8 Å². The van der Waals surface area contributed by atoms with Crippen LogP contribution in [0, 0.1) is 24.7 Å². The van der Waals surface area contributed by atoms with Gasteiger partial charge in [0.1, 0.15) is 0 Å². The Hall–Kier alpha value is -2.00. The lowest BCUT2D eigenvalue weighted by atomic mass is 10.1. The van der Waals surface area contributed by atoms with E-state index in [0.717, 1.165) is 0 Å². The van der Waals surface area contributed by atoms with Gasteiger partial charge < -0.3 is 0 Å². The first kappa shape index (κ1) is 9.09. The third-order valence-corrected chi connectivity index (χ3v) is 1.70. The maximum atomic E-state index is 11.1. The number of hydrogen-bond acceptors (Lipinski definition) is 2. The van der Waals surface area contributed by atoms with Gasteiger partial charge in [0, 0.05) is 24.0 Å². The monoisotopic (exact) mass is 173 g/mol. The van der Waals surface area contributed by atoms with Gasteiger partial charge in [-0.3, -0.25) is 14.9 Å². The van der Waals surface area contributed by atoms with Crippen molar-refractivity contribution in [3.05, 3.63) is 11.1 Å². The summed E-state index contributed by atoms with van der Waals surface area (Å²) < 4.78 is 0. The first-order valence-corrected chi connectivity index (χ1v) is 3.65. The fourth-order valence-electron chi connectivity index (χ4n) is 1.11. The molecular weight excluding hydrogens is 166 g/mol. The Morgan fingerprint density at radius 1 is 1.00 bits per heavy atom. The Labute approximate surface area is 76.2 Å². The summed E-state index contributed by atoms with van der Waals surface area (Å²) in [5.74, 6) is 3.77. The van der Waals surface area contributed by atoms with Crippen molar-refractivity contribution in [3.63, 3.8) is 0 Å². The number of amides is 2. The van der Waals surface area contributed by atoms with E-state index < -0.39 is 11.8 Å². The molecule has 0 aromatic carbocycles. The molecule has 1 aliphatic heterocycles. The van der Waals surface area contributed by atoms with Crippen molar-refractivity contribution in [2.24, 2.45) is 0 Å². The average molecular weight is 173 g/mol. The lowest BCUT2D eigenvalue weighted by molar-refractivity contribution is -0.124. The van der Waals surface area contributed by atoms with Crippen molar-refractivity contribution < 1.29 is 9.59 Å². The quantitative estimate of drug-likeness (QED) is 0.471. The van der Waals surface area contributed by atoms with Crippen molar-refractivity contribution in [3.8, 4) is 24.7 Å². The van der Waals surface area contributed by atoms with Gasteiger partial charge in [-0.2, -0.15) is 0 Å². The number of terminal acetylenes is 2. The van der Waals surface area contributed by atoms with Crippen LogP contribution >= 0.6 is 0 Å². The fraction of sp³-hybridized carbons (Fsp3) is 0.200. The normalized spacial score (nSPS) is 15.2. The van der Waals surface area contributed by atoms with E-state index in [2.05, 4.69) is 17.2 Å². The summed E-state index contributed by atoms with van der Waals surface area (Å²) in [4.78, 5) is 22.2. The van der Waals surface area contributed by atoms with Crippen molar-refractivity contribution in [2.75, 3.05) is 0 Å². The van der Waals surface area contributed by atoms with E-state index in [1.165, 1.54) is 0 Å². The zero-order valence-electron chi connectivity index (χ0n) is 6.89. The second-order valence-corrected chi connectivity index (χ2v) is 2.50. The molecule has 0 aromatic heterocycles. The number of rotatable bonds is 2. The van der Waals surface area contributed by atoms with E-state index in [1.807, 2.05) is 0 Å². The van der Waals surface area contributed by atoms with Crippen LogP contribution in [0.2, 0.25) is 0 Å². The third-order valence-electron chi connectivity index (χ3n) is 1.70. The summed E-state index contributed by atoms with van der Waals surface area (Å²) in [5.41, 5.74) is 0.649. The Morgan fingerprint density at radius 3 is 1.69 bits per heavy atom. The van der Waals surface area contributed by atoms with Gasteiger partial charge in [0.05, 0.1) is 0 Å². The van der Waals surface area contributed by atoms with Crippen LogP contribution in [0.3, 0.4) is 0 Å². The number of hydrogen-bond donors (Lipinski definition) is 1. The number of carbonyl (C=O) groups is 2. The van der Waals surface area contributed by atoms with Crippen LogP contribution in [0.4, 0.5) is 0 Å². The van der Waals surface area contributed by atoms with Crippen LogP contribution in [-0.2, 0) is 9.59 Å². The highest BCUT2D eigenvalue weighted by Gasteiger charge is 2.28. The highest BCUT2D eigenvalue weighted by Crippen LogP contribution is 2.17. The van der Waals surface area contributed by atoms with Gasteiger partial charge in [-0.15, -0.1) is 24.7 Å². The minimum Gasteiger partial charge on any atom is -0.289 e. The summed E-state index contributed by atoms with van der Waals surface area (Å²) >= 11 is 0. The molecule has 0 aromatic rings. The molecule has 1 aliphatic rings. The zero-order chi connectivity index (χ0) is 9.84. The van der Waals surface area contributed by atoms with E-state index in [9.17, 15) is 9.59 Å². The molecule has 3 nitrogen and oxygen atoms in total. The van der Waals surface area contributed by atoms with Gasteiger partial charge in [0.15, 0.2) is 0 Å². The molecule has 0 radical (unpaired) electrons. The molecule has 13 heavy (non-hydrogen) atoms. The lowest BCUT2D eigenvalue weighted by Crippen LogP contribution is -2.23. The maximum Gasteiger partial charge on any atom is 0.255 e. The van der Waals surface area contributed by atoms with E-state index in [1.54, 1.807) is 0 Å². The Bertz CT molecular complexity index is 341. The fourth-order valence-corrected chi connectivity index (χ4v) is 1.11. The van der Waals surface area contributed by atoms with Crippen LogP contribution in [0.15, 0.2) is 11.1 Å². The molecule has 0 aliphatic carbocycles. The smallest absolute Gasteiger partial charge is 0.255 e. The molecule has 2 amide bonds. The Morgan fingerprint density at radius 2 is 1.38 bits per heavy atom. The van der Waals surface area contributed by atoms with Gasteiger partial charge in [0.2, 0.25) is 0 Å². The summed E-state index contributed by atoms with van der Waals surface area (Å²) in [6.45, 7) is 0. The molecule has 0 saturated carbocycles. The molecule has 0 unspecified atom stereocenters. The lowest BCUT2D eigenvalue weighted by Gasteiger charge is -1.93. The summed E-state index contributed by atoms with van der Waals surface area (Å²) in [7, 11) is 0. The number of nitrogens with one attached hydrogen (secondary N) is 1. The second-order valence-electron chi connectivity index (χ2n) is 2.50. The van der Waals surface area contributed by atoms with Crippen LogP contribution < -0.4 is 5.32 Å². The average Bonchev–Trinajstić information content (AvgIpc) is 2.33. The van der Waals surface area contributed by atoms with Crippen molar-refractivity contribution in [2.45, 2.75) is 12.8 Å². The Kier molecular flexibility index (Phi) is 2.52. The second kappa shape index (κ2) is 3.60. The molecule has 0 saturated heterocycles. The predicted octanol–water partition coefficient (Wildman–Crippen LogP) is -0.0140. The molecule has 0 bridgehead atoms. The topological polar surface area (TPSA) is 46.2 Å². The minimum absolute atomic E-state index is 0.147. The highest BCUT2D eigenvalue weighted by molar-refractivity contribution is 6.19. The molecule has 0 atom stereocenters. The van der Waals surface area contributed by atoms with Gasteiger partial charge >= 0.3 is 0 Å². The SMILES string of the molecule is C#CCC1=C(CC#C)C(=O)NC1=O. The number of imide groups is 1. The first-order valence-electron chi connectivity index (χ1n) is 3.65. The van der Waals surface area contributed by atoms with Crippen LogP contribution in [0.1, 0.15) is 12.8 Å². The molecule has 3 heteroatoms. The summed E-state index contributed by atoms with van der Waals surface area (Å²) in [6, 6.07) is 0. The van der Waals surface area contributed by atoms with Gasteiger partial charge in [0.25, 0.3) is 11.8 Å². The van der Waals surface area contributed by atoms with Gasteiger partial charge in [-0.25, -0.2) is 0 Å². The van der Waals surface area contributed by atoms with Gasteiger partial charge in [-0.1, -0.05) is 0 Å². The summed E-state index contributed by atoms with van der Waals surface area (Å²) in [6.07, 6.45) is 10.4. The Balaban J connectivity index is 3.05. The van der Waals surface area contributed by atoms with Crippen LogP contribution in [0.5, 0.6) is 0 Å². The number of carbonyl (C=O) groups excluding carboxylic acids is 2. The molecule has 64 valence electrons. The van der Waals surface area contributed by atoms with Gasteiger partial charge in [-0.05, 0) is 0 Å². The molecule has 1 rings (SSSR count). The molecule has 1 N–H and O–H groups in total. The molecule has 0 spiro atoms.